The lowest BCUT2D eigenvalue weighted by Gasteiger charge is -2.27. The fraction of sp³-hybridized carbons (Fsp3) is 0.414. The number of hydrogen-bond acceptors (Lipinski definition) is 10. The molecule has 4 rings (SSSR count). The third-order valence-electron chi connectivity index (χ3n) is 6.54. The van der Waals surface area contributed by atoms with Crippen LogP contribution in [-0.4, -0.2) is 62.8 Å². The van der Waals surface area contributed by atoms with Crippen molar-refractivity contribution in [2.75, 3.05) is 13.2 Å². The Balaban J connectivity index is 1.62. The summed E-state index contributed by atoms with van der Waals surface area (Å²) in [5, 5.41) is 24.7. The molecule has 232 valence electrons. The van der Waals surface area contributed by atoms with Crippen molar-refractivity contribution in [1.29, 1.82) is 0 Å². The zero-order valence-corrected chi connectivity index (χ0v) is 24.7. The van der Waals surface area contributed by atoms with Gasteiger partial charge < -0.3 is 24.2 Å². The van der Waals surface area contributed by atoms with Crippen LogP contribution in [0.1, 0.15) is 35.3 Å². The number of nitrogens with one attached hydrogen (secondary N) is 2. The molecule has 2 aromatic carbocycles. The van der Waals surface area contributed by atoms with E-state index in [2.05, 4.69) is 5.09 Å². The fourth-order valence-corrected chi connectivity index (χ4v) is 5.82. The topological polar surface area (TPSA) is 178 Å². The smallest absolute Gasteiger partial charge is 0.459 e. The minimum Gasteiger partial charge on any atom is -0.464 e. The number of ether oxygens (including phenoxy) is 2. The highest BCUT2D eigenvalue weighted by molar-refractivity contribution is 7.52. The van der Waals surface area contributed by atoms with E-state index in [0.29, 0.717) is 4.57 Å². The number of aliphatic hydroxyl groups excluding tert-OH is 1. The summed E-state index contributed by atoms with van der Waals surface area (Å²) < 4.78 is 53.2. The van der Waals surface area contributed by atoms with Crippen LogP contribution in [0.5, 0.6) is 5.75 Å². The maximum Gasteiger partial charge on any atom is 0.459 e. The summed E-state index contributed by atoms with van der Waals surface area (Å²) in [7, 11) is -4.49. The molecule has 4 N–H and O–H groups in total. The molecule has 1 saturated heterocycles. The van der Waals surface area contributed by atoms with E-state index in [9.17, 15) is 29.2 Å². The monoisotopic (exact) mass is 619 g/mol. The Morgan fingerprint density at radius 2 is 1.84 bits per heavy atom. The summed E-state index contributed by atoms with van der Waals surface area (Å²) in [4.78, 5) is 39.4. The number of aliphatic hydroxyl groups is 2. The lowest BCUT2D eigenvalue weighted by Crippen LogP contribution is -2.47. The van der Waals surface area contributed by atoms with E-state index in [1.54, 1.807) is 48.5 Å². The van der Waals surface area contributed by atoms with Crippen molar-refractivity contribution in [3.63, 3.8) is 0 Å². The van der Waals surface area contributed by atoms with Crippen LogP contribution in [0.4, 0.5) is 0 Å². The van der Waals surface area contributed by atoms with E-state index in [4.69, 9.17) is 21.3 Å². The summed E-state index contributed by atoms with van der Waals surface area (Å²) in [6.45, 7) is 4.27. The lowest BCUT2D eigenvalue weighted by molar-refractivity contribution is -0.146. The third kappa shape index (κ3) is 8.29. The Morgan fingerprint density at radius 3 is 2.49 bits per heavy atom. The van der Waals surface area contributed by atoms with Crippen LogP contribution < -0.4 is 20.9 Å². The molecule has 1 aliphatic rings. The average Bonchev–Trinajstić information content (AvgIpc) is 3.22. The molecule has 6 atom stereocenters. The van der Waals surface area contributed by atoms with Crippen molar-refractivity contribution in [2.24, 2.45) is 5.92 Å². The average molecular weight is 620 g/mol. The van der Waals surface area contributed by atoms with Crippen LogP contribution in [-0.2, 0) is 29.8 Å². The van der Waals surface area contributed by atoms with Crippen LogP contribution >= 0.6 is 7.75 Å². The van der Waals surface area contributed by atoms with Gasteiger partial charge in [0.2, 0.25) is 0 Å². The molecule has 2 unspecified atom stereocenters. The molecule has 0 amide bonds. The minimum absolute atomic E-state index is 0.0296. The molecule has 14 heteroatoms. The number of aromatic nitrogens is 2. The van der Waals surface area contributed by atoms with Crippen LogP contribution in [0.25, 0.3) is 0 Å². The second-order valence-electron chi connectivity index (χ2n) is 10.7. The third-order valence-corrected chi connectivity index (χ3v) is 8.10. The van der Waals surface area contributed by atoms with E-state index in [-0.39, 0.29) is 24.7 Å². The molecular weight excluding hydrogens is 581 g/mol. The highest BCUT2D eigenvalue weighted by Gasteiger charge is 2.54. The zero-order chi connectivity index (χ0) is 32.9. The first-order chi connectivity index (χ1) is 21.2. The minimum atomic E-state index is -4.49. The number of hydrogen-bond donors (Lipinski definition) is 4. The molecule has 1 aromatic heterocycles. The molecule has 3 aromatic rings. The van der Waals surface area contributed by atoms with E-state index in [1.807, 2.05) is 18.8 Å². The highest BCUT2D eigenvalue weighted by Crippen LogP contribution is 2.47. The number of aromatic amines is 1. The SMILES string of the molecule is [2H]c1c([2H])n([C@@H]2O[C@H](COP(=O)(NC(Cc3ccccc3)C(=O)OCC(C)C)Oc3ccccc3)[C@@H](O)[C@@]2(C)O)c(=O)[nH]c1=O. The van der Waals surface area contributed by atoms with Gasteiger partial charge in [0.25, 0.3) is 5.56 Å². The van der Waals surface area contributed by atoms with Crippen LogP contribution in [0.15, 0.2) is 82.5 Å². The molecule has 13 nitrogen and oxygen atoms in total. The molecule has 0 bridgehead atoms. The Kier molecular flexibility index (Phi) is 9.47. The molecular formula is C29H36N3O10P. The van der Waals surface area contributed by atoms with Gasteiger partial charge in [-0.25, -0.2) is 9.36 Å². The number of para-hydroxylation sites is 1. The second-order valence-corrected chi connectivity index (χ2v) is 12.4. The predicted molar refractivity (Wildman–Crippen MR) is 155 cm³/mol. The number of carbonyl (C=O) groups is 1. The van der Waals surface area contributed by atoms with E-state index in [1.165, 1.54) is 12.1 Å². The summed E-state index contributed by atoms with van der Waals surface area (Å²) in [6.07, 6.45) is -5.75. The van der Waals surface area contributed by atoms with E-state index < -0.39 is 73.9 Å². The molecule has 2 heterocycles. The maximum absolute atomic E-state index is 14.3. The van der Waals surface area contributed by atoms with E-state index in [0.717, 1.165) is 12.5 Å². The summed E-state index contributed by atoms with van der Waals surface area (Å²) in [5.74, 6) is -0.552. The Bertz CT molecular complexity index is 1630. The second kappa shape index (κ2) is 13.8. The van der Waals surface area contributed by atoms with Crippen LogP contribution in [0.2, 0.25) is 0 Å². The summed E-state index contributed by atoms with van der Waals surface area (Å²) >= 11 is 0. The number of esters is 1. The predicted octanol–water partition coefficient (Wildman–Crippen LogP) is 2.15. The van der Waals surface area contributed by atoms with Crippen molar-refractivity contribution in [2.45, 2.75) is 57.3 Å². The highest BCUT2D eigenvalue weighted by atomic mass is 31.2. The van der Waals surface area contributed by atoms with Gasteiger partial charge in [-0.3, -0.25) is 23.7 Å². The van der Waals surface area contributed by atoms with Crippen molar-refractivity contribution in [1.82, 2.24) is 14.6 Å². The summed E-state index contributed by atoms with van der Waals surface area (Å²) in [5.41, 5.74) is -3.76. The molecule has 0 saturated carbocycles. The van der Waals surface area contributed by atoms with Gasteiger partial charge >= 0.3 is 19.4 Å². The zero-order valence-electron chi connectivity index (χ0n) is 25.8. The molecule has 1 fully saturated rings. The maximum atomic E-state index is 14.3. The number of nitrogens with zero attached hydrogens (tertiary/aromatic N) is 1. The van der Waals surface area contributed by atoms with E-state index >= 15 is 0 Å². The summed E-state index contributed by atoms with van der Waals surface area (Å²) in [6, 6.07) is 14.9. The lowest BCUT2D eigenvalue weighted by atomic mass is 9.96. The van der Waals surface area contributed by atoms with Crippen molar-refractivity contribution in [3.8, 4) is 5.75 Å². The van der Waals surface area contributed by atoms with Gasteiger partial charge in [0.05, 0.1) is 16.0 Å². The first-order valence-electron chi connectivity index (χ1n) is 14.6. The van der Waals surface area contributed by atoms with Gasteiger partial charge in [-0.1, -0.05) is 62.4 Å². The van der Waals surface area contributed by atoms with Gasteiger partial charge in [-0.2, -0.15) is 5.09 Å². The van der Waals surface area contributed by atoms with Gasteiger partial charge in [0.1, 0.15) is 29.6 Å². The number of carbonyl (C=O) groups excluding carboxylic acids is 1. The van der Waals surface area contributed by atoms with Gasteiger partial charge in [0, 0.05) is 12.2 Å². The number of benzene rings is 2. The Hall–Kier alpha value is -3.58. The van der Waals surface area contributed by atoms with Crippen LogP contribution in [0, 0.1) is 5.92 Å². The molecule has 0 radical (unpaired) electrons. The quantitative estimate of drug-likeness (QED) is 0.163. The van der Waals surface area contributed by atoms with Gasteiger partial charge in [0.15, 0.2) is 6.23 Å². The first kappa shape index (κ1) is 29.5. The van der Waals surface area contributed by atoms with Crippen LogP contribution in [0.3, 0.4) is 0 Å². The largest absolute Gasteiger partial charge is 0.464 e. The Labute approximate surface area is 250 Å². The number of rotatable bonds is 13. The van der Waals surface area contributed by atoms with Crippen molar-refractivity contribution < 1.29 is 40.8 Å². The fourth-order valence-electron chi connectivity index (χ4n) is 4.32. The number of H-pyrrole nitrogens is 1. The standard InChI is InChI=1S/C29H36N3O10P/c1-19(2)17-39-26(35)22(16-20-10-6-4-7-11-20)31-43(38,42-21-12-8-5-9-13-21)40-18-23-25(34)29(3,37)27(41-23)32-15-14-24(33)30-28(32)36/h4-15,19,22-23,25,27,34,37H,16-18H2,1-3H3,(H,31,38)(H,30,33,36)/t22?,23-,25-,27-,29-,43?/m1/s1/i14D,15D. The normalized spacial score (nSPS) is 24.6. The first-order valence-corrected chi connectivity index (χ1v) is 15.1. The van der Waals surface area contributed by atoms with Crippen molar-refractivity contribution >= 4 is 13.7 Å². The van der Waals surface area contributed by atoms with Gasteiger partial charge in [-0.05, 0) is 37.0 Å². The molecule has 43 heavy (non-hydrogen) atoms. The molecule has 0 aliphatic carbocycles. The molecule has 1 aliphatic heterocycles. The molecule has 0 spiro atoms. The van der Waals surface area contributed by atoms with Gasteiger partial charge in [-0.15, -0.1) is 0 Å². The Morgan fingerprint density at radius 1 is 1.19 bits per heavy atom. The van der Waals surface area contributed by atoms with Crippen molar-refractivity contribution in [3.05, 3.63) is 99.3 Å².